The van der Waals surface area contributed by atoms with Crippen molar-refractivity contribution in [1.29, 1.82) is 0 Å². The van der Waals surface area contributed by atoms with E-state index in [1.807, 2.05) is 31.2 Å². The van der Waals surface area contributed by atoms with Crippen molar-refractivity contribution in [1.82, 2.24) is 10.6 Å². The molecule has 0 fully saturated rings. The van der Waals surface area contributed by atoms with Crippen molar-refractivity contribution in [2.24, 2.45) is 21.5 Å². The number of aliphatic imine (C=N–C) groups is 2. The lowest BCUT2D eigenvalue weighted by atomic mass is 10.1. The zero-order chi connectivity index (χ0) is 21.0. The van der Waals surface area contributed by atoms with Crippen LogP contribution in [0, 0.1) is 10.1 Å². The first-order chi connectivity index (χ1) is 13.7. The fourth-order valence-electron chi connectivity index (χ4n) is 2.94. The van der Waals surface area contributed by atoms with Gasteiger partial charge in [-0.3, -0.25) is 21.2 Å². The number of nitrogens with one attached hydrogen (secondary N) is 2. The van der Waals surface area contributed by atoms with E-state index in [1.54, 1.807) is 12.1 Å². The molecule has 9 nitrogen and oxygen atoms in total. The van der Waals surface area contributed by atoms with Crippen LogP contribution in [0.2, 0.25) is 5.02 Å². The highest BCUT2D eigenvalue weighted by molar-refractivity contribution is 6.30. The monoisotopic (exact) mass is 415 g/mol. The first-order valence-corrected chi connectivity index (χ1v) is 9.38. The summed E-state index contributed by atoms with van der Waals surface area (Å²) < 4.78 is 0. The van der Waals surface area contributed by atoms with Gasteiger partial charge in [0.25, 0.3) is 5.69 Å². The molecule has 0 radical (unpaired) electrons. The van der Waals surface area contributed by atoms with Gasteiger partial charge in [-0.1, -0.05) is 35.9 Å². The van der Waals surface area contributed by atoms with Crippen molar-refractivity contribution in [3.63, 3.8) is 0 Å². The van der Waals surface area contributed by atoms with E-state index in [2.05, 4.69) is 20.6 Å². The SMILES string of the molecule is C[C@H](N=C1NC(N)=NC(N)(CCc2ccc(Cl)cc2)N1)c1ccc([N+](=O)[O-])cc1. The predicted octanol–water partition coefficient (Wildman–Crippen LogP) is 2.42. The minimum absolute atomic E-state index is 0.0297. The van der Waals surface area contributed by atoms with E-state index in [9.17, 15) is 10.1 Å². The Morgan fingerprint density at radius 3 is 2.52 bits per heavy atom. The molecular weight excluding hydrogens is 394 g/mol. The Kier molecular flexibility index (Phi) is 6.00. The molecule has 3 rings (SSSR count). The smallest absolute Gasteiger partial charge is 0.269 e. The number of hydrogen-bond donors (Lipinski definition) is 4. The number of rotatable bonds is 6. The summed E-state index contributed by atoms with van der Waals surface area (Å²) in [7, 11) is 0. The summed E-state index contributed by atoms with van der Waals surface area (Å²) in [6.07, 6.45) is 1.16. The van der Waals surface area contributed by atoms with Crippen molar-refractivity contribution >= 4 is 29.2 Å². The summed E-state index contributed by atoms with van der Waals surface area (Å²) in [5, 5.41) is 17.4. The molecule has 0 aromatic heterocycles. The maximum absolute atomic E-state index is 10.8. The third-order valence-electron chi connectivity index (χ3n) is 4.52. The molecule has 1 unspecified atom stereocenters. The van der Waals surface area contributed by atoms with Crippen molar-refractivity contribution in [3.05, 3.63) is 74.8 Å². The third kappa shape index (κ3) is 5.43. The van der Waals surface area contributed by atoms with Gasteiger partial charge in [0.2, 0.25) is 5.96 Å². The average molecular weight is 416 g/mol. The Bertz CT molecular complexity index is 944. The van der Waals surface area contributed by atoms with Gasteiger partial charge in [-0.25, -0.2) is 9.98 Å². The number of guanidine groups is 2. The Hall–Kier alpha value is -3.17. The van der Waals surface area contributed by atoms with Crippen molar-refractivity contribution in [3.8, 4) is 0 Å². The molecule has 0 aliphatic carbocycles. The molecule has 29 heavy (non-hydrogen) atoms. The second-order valence-electron chi connectivity index (χ2n) is 6.80. The van der Waals surface area contributed by atoms with Crippen LogP contribution in [0.3, 0.4) is 0 Å². The Labute approximate surface area is 173 Å². The Morgan fingerprint density at radius 2 is 1.90 bits per heavy atom. The molecular formula is C19H22ClN7O2. The van der Waals surface area contributed by atoms with E-state index in [-0.39, 0.29) is 17.7 Å². The predicted molar refractivity (Wildman–Crippen MR) is 114 cm³/mol. The van der Waals surface area contributed by atoms with Gasteiger partial charge >= 0.3 is 0 Å². The van der Waals surface area contributed by atoms with Crippen LogP contribution in [0.5, 0.6) is 0 Å². The van der Waals surface area contributed by atoms with E-state index in [0.29, 0.717) is 23.8 Å². The molecule has 1 aliphatic rings. The maximum Gasteiger partial charge on any atom is 0.269 e. The number of aryl methyl sites for hydroxylation is 1. The fourth-order valence-corrected chi connectivity index (χ4v) is 3.07. The standard InChI is InChI=1S/C19H22ClN7O2/c1-12(14-4-8-16(9-5-14)27(28)29)23-18-24-17(21)25-19(22,26-18)11-10-13-2-6-15(20)7-3-13/h2-9,12H,10-11,22H2,1H3,(H4,21,23,24,25,26)/t12-,19?/m0/s1. The Morgan fingerprint density at radius 1 is 1.24 bits per heavy atom. The molecule has 0 saturated heterocycles. The van der Waals surface area contributed by atoms with Crippen molar-refractivity contribution < 1.29 is 4.92 Å². The number of nitro benzene ring substituents is 1. The van der Waals surface area contributed by atoms with Gasteiger partial charge in [-0.15, -0.1) is 0 Å². The number of benzene rings is 2. The van der Waals surface area contributed by atoms with E-state index in [4.69, 9.17) is 23.1 Å². The maximum atomic E-state index is 10.8. The summed E-state index contributed by atoms with van der Waals surface area (Å²) in [5.41, 5.74) is 14.2. The summed E-state index contributed by atoms with van der Waals surface area (Å²) in [4.78, 5) is 19.2. The highest BCUT2D eigenvalue weighted by Gasteiger charge is 2.30. The number of hydrogen-bond acceptors (Lipinski definition) is 6. The van der Waals surface area contributed by atoms with E-state index < -0.39 is 10.7 Å². The van der Waals surface area contributed by atoms with Gasteiger partial charge in [0.15, 0.2) is 11.7 Å². The molecule has 6 N–H and O–H groups in total. The fraction of sp³-hybridized carbons (Fsp3) is 0.263. The second kappa shape index (κ2) is 8.46. The zero-order valence-electron chi connectivity index (χ0n) is 15.8. The van der Waals surface area contributed by atoms with Gasteiger partial charge in [0.1, 0.15) is 0 Å². The van der Waals surface area contributed by atoms with E-state index in [0.717, 1.165) is 11.1 Å². The number of non-ortho nitro benzene ring substituents is 1. The van der Waals surface area contributed by atoms with Crippen LogP contribution >= 0.6 is 11.6 Å². The van der Waals surface area contributed by atoms with Crippen LogP contribution in [0.4, 0.5) is 5.69 Å². The first kappa shape index (κ1) is 20.6. The molecule has 0 amide bonds. The summed E-state index contributed by atoms with van der Waals surface area (Å²) >= 11 is 5.92. The van der Waals surface area contributed by atoms with Crippen LogP contribution in [-0.4, -0.2) is 22.6 Å². The van der Waals surface area contributed by atoms with Gasteiger partial charge in [-0.2, -0.15) is 0 Å². The van der Waals surface area contributed by atoms with Crippen LogP contribution in [0.1, 0.15) is 30.5 Å². The van der Waals surface area contributed by atoms with Gasteiger partial charge in [-0.05, 0) is 36.6 Å². The van der Waals surface area contributed by atoms with Gasteiger partial charge in [0, 0.05) is 23.6 Å². The molecule has 0 bridgehead atoms. The molecule has 0 spiro atoms. The van der Waals surface area contributed by atoms with Crippen molar-refractivity contribution in [2.75, 3.05) is 0 Å². The first-order valence-electron chi connectivity index (χ1n) is 9.00. The molecule has 1 aliphatic heterocycles. The van der Waals surface area contributed by atoms with Gasteiger partial charge in [0.05, 0.1) is 11.0 Å². The number of halogens is 1. The highest BCUT2D eigenvalue weighted by Crippen LogP contribution is 2.21. The lowest BCUT2D eigenvalue weighted by molar-refractivity contribution is -0.384. The van der Waals surface area contributed by atoms with Crippen LogP contribution < -0.4 is 22.1 Å². The molecule has 0 saturated carbocycles. The van der Waals surface area contributed by atoms with E-state index >= 15 is 0 Å². The number of nitrogens with zero attached hydrogens (tertiary/aromatic N) is 3. The summed E-state index contributed by atoms with van der Waals surface area (Å²) in [6.45, 7) is 1.87. The normalized spacial score (nSPS) is 21.1. The van der Waals surface area contributed by atoms with E-state index in [1.165, 1.54) is 12.1 Å². The minimum atomic E-state index is -1.11. The zero-order valence-corrected chi connectivity index (χ0v) is 16.6. The second-order valence-corrected chi connectivity index (χ2v) is 7.24. The Balaban J connectivity index is 1.70. The van der Waals surface area contributed by atoms with Gasteiger partial charge < -0.3 is 11.1 Å². The lowest BCUT2D eigenvalue weighted by Crippen LogP contribution is -2.64. The topological polar surface area (TPSA) is 144 Å². The van der Waals surface area contributed by atoms with Crippen LogP contribution in [-0.2, 0) is 6.42 Å². The molecule has 2 aromatic carbocycles. The molecule has 1 heterocycles. The molecule has 10 heteroatoms. The summed E-state index contributed by atoms with van der Waals surface area (Å²) in [6, 6.07) is 13.5. The highest BCUT2D eigenvalue weighted by atomic mass is 35.5. The minimum Gasteiger partial charge on any atom is -0.370 e. The number of nitro groups is 1. The largest absolute Gasteiger partial charge is 0.370 e. The molecule has 2 atom stereocenters. The summed E-state index contributed by atoms with van der Waals surface area (Å²) in [5.74, 6) is -0.554. The van der Waals surface area contributed by atoms with Crippen LogP contribution in [0.25, 0.3) is 0 Å². The van der Waals surface area contributed by atoms with Crippen molar-refractivity contribution in [2.45, 2.75) is 31.6 Å². The average Bonchev–Trinajstić information content (AvgIpc) is 2.67. The third-order valence-corrected chi connectivity index (χ3v) is 4.77. The quantitative estimate of drug-likeness (QED) is 0.421. The van der Waals surface area contributed by atoms with Crippen LogP contribution in [0.15, 0.2) is 58.5 Å². The lowest BCUT2D eigenvalue weighted by Gasteiger charge is -2.33. The number of nitrogens with two attached hydrogens (primary N) is 2. The molecule has 2 aromatic rings. The molecule has 152 valence electrons.